The van der Waals surface area contributed by atoms with Crippen LogP contribution in [0, 0.1) is 0 Å². The Bertz CT molecular complexity index is 561. The number of halogens is 1. The zero-order valence-electron chi connectivity index (χ0n) is 11.2. The molecule has 2 heterocycles. The van der Waals surface area contributed by atoms with E-state index in [2.05, 4.69) is 9.88 Å². The molecule has 0 aromatic carbocycles. The zero-order valence-corrected chi connectivity index (χ0v) is 13.6. The van der Waals surface area contributed by atoms with E-state index in [1.165, 1.54) is 11.3 Å². The van der Waals surface area contributed by atoms with Crippen LogP contribution in [0.5, 0.6) is 0 Å². The molecule has 1 saturated heterocycles. The summed E-state index contributed by atoms with van der Waals surface area (Å²) in [7, 11) is -2.88. The van der Waals surface area contributed by atoms with Crippen LogP contribution >= 0.6 is 23.7 Å². The molecule has 3 rings (SSSR count). The topological polar surface area (TPSA) is 76.3 Å². The number of nitrogens with zero attached hydrogens (tertiary/aromatic N) is 2. The third-order valence-electron chi connectivity index (χ3n) is 4.19. The van der Waals surface area contributed by atoms with Crippen LogP contribution in [-0.2, 0) is 16.4 Å². The Hall–Kier alpha value is -0.370. The Labute approximate surface area is 129 Å². The fraction of sp³-hybridized carbons (Fsp3) is 0.750. The van der Waals surface area contributed by atoms with E-state index in [1.54, 1.807) is 6.20 Å². The van der Waals surface area contributed by atoms with Crippen molar-refractivity contribution < 1.29 is 8.42 Å². The highest BCUT2D eigenvalue weighted by molar-refractivity contribution is 7.92. The molecular formula is C12H20ClN3O2S2. The fourth-order valence-electron chi connectivity index (χ4n) is 3.27. The van der Waals surface area contributed by atoms with Crippen LogP contribution in [0.1, 0.15) is 30.6 Å². The van der Waals surface area contributed by atoms with Crippen molar-refractivity contribution in [2.45, 2.75) is 43.5 Å². The summed E-state index contributed by atoms with van der Waals surface area (Å²) in [5.41, 5.74) is 5.65. The molecule has 2 N–H and O–H groups in total. The molecule has 1 aliphatic heterocycles. The minimum atomic E-state index is -2.88. The number of fused-ring (bicyclic) bond motifs is 1. The molecule has 1 aromatic rings. The van der Waals surface area contributed by atoms with E-state index < -0.39 is 9.84 Å². The van der Waals surface area contributed by atoms with Crippen molar-refractivity contribution in [3.05, 3.63) is 11.1 Å². The summed E-state index contributed by atoms with van der Waals surface area (Å²) in [6.07, 6.45) is 5.81. The van der Waals surface area contributed by atoms with Crippen molar-refractivity contribution in [1.82, 2.24) is 9.88 Å². The highest BCUT2D eigenvalue weighted by Gasteiger charge is 2.42. The molecule has 2 unspecified atom stereocenters. The molecule has 0 amide bonds. The summed E-state index contributed by atoms with van der Waals surface area (Å²) in [5.74, 6) is 0.294. The molecule has 20 heavy (non-hydrogen) atoms. The lowest BCUT2D eigenvalue weighted by Gasteiger charge is -2.43. The molecule has 0 bridgehead atoms. The van der Waals surface area contributed by atoms with Gasteiger partial charge in [-0.05, 0) is 12.8 Å². The van der Waals surface area contributed by atoms with Gasteiger partial charge in [-0.25, -0.2) is 13.4 Å². The largest absolute Gasteiger partial charge is 0.375 e. The second kappa shape index (κ2) is 6.17. The average Bonchev–Trinajstić information content (AvgIpc) is 2.79. The number of aromatic nitrogens is 1. The monoisotopic (exact) mass is 337 g/mol. The maximum Gasteiger partial charge on any atom is 0.180 e. The molecule has 114 valence electrons. The summed E-state index contributed by atoms with van der Waals surface area (Å²) in [4.78, 5) is 7.51. The number of hydrogen-bond donors (Lipinski definition) is 1. The Morgan fingerprint density at radius 3 is 2.85 bits per heavy atom. The van der Waals surface area contributed by atoms with Crippen molar-refractivity contribution in [1.29, 1.82) is 0 Å². The molecule has 2 fully saturated rings. The van der Waals surface area contributed by atoms with Crippen LogP contribution in [-0.4, -0.2) is 41.9 Å². The van der Waals surface area contributed by atoms with Gasteiger partial charge in [0.2, 0.25) is 0 Å². The summed E-state index contributed by atoms with van der Waals surface area (Å²) in [5, 5.41) is 0.431. The summed E-state index contributed by atoms with van der Waals surface area (Å²) in [6.45, 7) is 1.42. The number of nitrogen functional groups attached to an aromatic ring is 1. The lowest BCUT2D eigenvalue weighted by Crippen LogP contribution is -2.55. The predicted octanol–water partition coefficient (Wildman–Crippen LogP) is 1.69. The number of rotatable bonds is 2. The van der Waals surface area contributed by atoms with Gasteiger partial charge in [-0.1, -0.05) is 12.8 Å². The van der Waals surface area contributed by atoms with Crippen LogP contribution in [0.2, 0.25) is 0 Å². The minimum absolute atomic E-state index is 0. The standard InChI is InChI=1S/C12H19N3O2S2.ClH/c13-12-14-7-9(18-12)8-15-5-6-19(16,17)11-4-2-1-3-10(11)15;/h7,10-11H,1-6,8H2,(H2,13,14);1H. The minimum Gasteiger partial charge on any atom is -0.375 e. The lowest BCUT2D eigenvalue weighted by molar-refractivity contribution is 0.150. The van der Waals surface area contributed by atoms with Gasteiger partial charge in [-0.3, -0.25) is 4.90 Å². The number of nitrogens with two attached hydrogens (primary N) is 1. The van der Waals surface area contributed by atoms with E-state index in [1.807, 2.05) is 0 Å². The van der Waals surface area contributed by atoms with Crippen LogP contribution < -0.4 is 5.73 Å². The first-order chi connectivity index (χ1) is 9.06. The van der Waals surface area contributed by atoms with Crippen LogP contribution in [0.15, 0.2) is 6.20 Å². The lowest BCUT2D eigenvalue weighted by atomic mass is 9.93. The van der Waals surface area contributed by atoms with Crippen molar-refractivity contribution in [2.75, 3.05) is 18.0 Å². The molecule has 0 radical (unpaired) electrons. The maximum atomic E-state index is 12.2. The third kappa shape index (κ3) is 3.10. The van der Waals surface area contributed by atoms with E-state index in [4.69, 9.17) is 5.73 Å². The number of sulfone groups is 1. The van der Waals surface area contributed by atoms with E-state index >= 15 is 0 Å². The van der Waals surface area contributed by atoms with Crippen LogP contribution in [0.25, 0.3) is 0 Å². The van der Waals surface area contributed by atoms with Crippen molar-refractivity contribution in [3.63, 3.8) is 0 Å². The zero-order chi connectivity index (χ0) is 13.5. The molecule has 1 saturated carbocycles. The maximum absolute atomic E-state index is 12.2. The fourth-order valence-corrected chi connectivity index (χ4v) is 6.08. The smallest absolute Gasteiger partial charge is 0.180 e. The normalized spacial score (nSPS) is 29.4. The van der Waals surface area contributed by atoms with Gasteiger partial charge in [0.25, 0.3) is 0 Å². The predicted molar refractivity (Wildman–Crippen MR) is 84.0 cm³/mol. The molecule has 1 aromatic heterocycles. The summed E-state index contributed by atoms with van der Waals surface area (Å²) >= 11 is 1.50. The van der Waals surface area contributed by atoms with Crippen LogP contribution in [0.4, 0.5) is 5.13 Å². The summed E-state index contributed by atoms with van der Waals surface area (Å²) < 4.78 is 24.3. The molecule has 0 spiro atoms. The van der Waals surface area contributed by atoms with Crippen molar-refractivity contribution in [3.8, 4) is 0 Å². The molecule has 1 aliphatic carbocycles. The van der Waals surface area contributed by atoms with Gasteiger partial charge in [0.1, 0.15) is 0 Å². The van der Waals surface area contributed by atoms with Gasteiger partial charge in [-0.2, -0.15) is 0 Å². The average molecular weight is 338 g/mol. The van der Waals surface area contributed by atoms with Crippen molar-refractivity contribution >= 4 is 38.7 Å². The molecule has 8 heteroatoms. The summed E-state index contributed by atoms with van der Waals surface area (Å²) in [6, 6.07) is 0.191. The SMILES string of the molecule is Cl.Nc1ncc(CN2CCS(=O)(=O)C3CCCCC32)s1. The van der Waals surface area contributed by atoms with E-state index in [-0.39, 0.29) is 23.7 Å². The van der Waals surface area contributed by atoms with Gasteiger partial charge in [0.05, 0.1) is 11.0 Å². The molecule has 5 nitrogen and oxygen atoms in total. The first-order valence-electron chi connectivity index (χ1n) is 6.72. The number of anilines is 1. The van der Waals surface area contributed by atoms with Gasteiger partial charge >= 0.3 is 0 Å². The highest BCUT2D eigenvalue weighted by Crippen LogP contribution is 2.33. The van der Waals surface area contributed by atoms with Gasteiger partial charge < -0.3 is 5.73 Å². The van der Waals surface area contributed by atoms with Gasteiger partial charge in [-0.15, -0.1) is 23.7 Å². The Morgan fingerprint density at radius 2 is 2.15 bits per heavy atom. The molecular weight excluding hydrogens is 318 g/mol. The Morgan fingerprint density at radius 1 is 1.40 bits per heavy atom. The number of thiazole rings is 1. The first-order valence-corrected chi connectivity index (χ1v) is 9.25. The van der Waals surface area contributed by atoms with E-state index in [9.17, 15) is 8.42 Å². The first kappa shape index (κ1) is 16.0. The van der Waals surface area contributed by atoms with E-state index in [0.29, 0.717) is 17.4 Å². The van der Waals surface area contributed by atoms with Gasteiger partial charge in [0, 0.05) is 30.2 Å². The number of hydrogen-bond acceptors (Lipinski definition) is 6. The van der Waals surface area contributed by atoms with Crippen LogP contribution in [0.3, 0.4) is 0 Å². The second-order valence-corrected chi connectivity index (χ2v) is 8.88. The quantitative estimate of drug-likeness (QED) is 0.888. The Balaban J connectivity index is 0.00000147. The third-order valence-corrected chi connectivity index (χ3v) is 7.23. The molecule has 2 aliphatic rings. The second-order valence-electron chi connectivity index (χ2n) is 5.39. The Kier molecular flexibility index (Phi) is 4.94. The van der Waals surface area contributed by atoms with Gasteiger partial charge in [0.15, 0.2) is 15.0 Å². The highest BCUT2D eigenvalue weighted by atomic mass is 35.5. The molecule has 2 atom stereocenters. The van der Waals surface area contributed by atoms with Crippen molar-refractivity contribution in [2.24, 2.45) is 0 Å². The van der Waals surface area contributed by atoms with E-state index in [0.717, 1.165) is 37.1 Å².